The van der Waals surface area contributed by atoms with E-state index in [1.807, 2.05) is 0 Å². The minimum Gasteiger partial charge on any atom is -0.324 e. The molecule has 2 rings (SSSR count). The van der Waals surface area contributed by atoms with E-state index in [2.05, 4.69) is 32.0 Å². The van der Waals surface area contributed by atoms with Crippen LogP contribution in [-0.4, -0.2) is 0 Å². The van der Waals surface area contributed by atoms with Crippen molar-refractivity contribution >= 4 is 0 Å². The van der Waals surface area contributed by atoms with Gasteiger partial charge in [0.2, 0.25) is 0 Å². The Morgan fingerprint density at radius 1 is 1.23 bits per heavy atom. The molecule has 0 bridgehead atoms. The third kappa shape index (κ3) is 1.61. The van der Waals surface area contributed by atoms with Crippen molar-refractivity contribution in [3.05, 3.63) is 34.9 Å². The van der Waals surface area contributed by atoms with Crippen LogP contribution in [0.25, 0.3) is 0 Å². The van der Waals surface area contributed by atoms with Gasteiger partial charge < -0.3 is 5.73 Å². The van der Waals surface area contributed by atoms with Gasteiger partial charge in [0.05, 0.1) is 0 Å². The van der Waals surface area contributed by atoms with E-state index in [1.54, 1.807) is 0 Å². The molecule has 0 aromatic heterocycles. The van der Waals surface area contributed by atoms with Crippen LogP contribution in [0.3, 0.4) is 0 Å². The zero-order valence-corrected chi connectivity index (χ0v) is 8.38. The van der Waals surface area contributed by atoms with Gasteiger partial charge >= 0.3 is 0 Å². The second kappa shape index (κ2) is 3.15. The van der Waals surface area contributed by atoms with Crippen LogP contribution in [-0.2, 0) is 0 Å². The van der Waals surface area contributed by atoms with Gasteiger partial charge in [-0.1, -0.05) is 18.2 Å². The molecule has 0 heterocycles. The fourth-order valence-electron chi connectivity index (χ4n) is 2.04. The van der Waals surface area contributed by atoms with Crippen molar-refractivity contribution in [3.8, 4) is 0 Å². The van der Waals surface area contributed by atoms with Crippen molar-refractivity contribution in [3.63, 3.8) is 0 Å². The molecule has 1 fully saturated rings. The van der Waals surface area contributed by atoms with Crippen LogP contribution in [0.1, 0.15) is 35.6 Å². The maximum Gasteiger partial charge on any atom is 0.0328 e. The lowest BCUT2D eigenvalue weighted by atomic mass is 9.94. The molecule has 0 aliphatic heterocycles. The summed E-state index contributed by atoms with van der Waals surface area (Å²) in [6.45, 7) is 4.31. The Morgan fingerprint density at radius 2 is 1.77 bits per heavy atom. The average Bonchev–Trinajstić information content (AvgIpc) is 2.85. The van der Waals surface area contributed by atoms with Gasteiger partial charge in [0.1, 0.15) is 0 Å². The van der Waals surface area contributed by atoms with Crippen LogP contribution in [0.4, 0.5) is 0 Å². The molecule has 1 saturated carbocycles. The Hall–Kier alpha value is -0.820. The van der Waals surface area contributed by atoms with Crippen LogP contribution in [0.2, 0.25) is 0 Å². The molecule has 70 valence electrons. The first-order valence-electron chi connectivity index (χ1n) is 5.02. The molecule has 1 atom stereocenters. The number of benzene rings is 1. The molecule has 1 aromatic carbocycles. The van der Waals surface area contributed by atoms with Crippen molar-refractivity contribution in [1.82, 2.24) is 0 Å². The highest BCUT2D eigenvalue weighted by molar-refractivity contribution is 5.36. The predicted octanol–water partition coefficient (Wildman–Crippen LogP) is 2.71. The molecular formula is C12H17N. The molecule has 2 N–H and O–H groups in total. The fourth-order valence-corrected chi connectivity index (χ4v) is 2.04. The standard InChI is InChI=1S/C12H17N/c1-8-4-3-5-9(2)11(8)12(13)10-6-7-10/h3-5,10,12H,6-7,13H2,1-2H3/t12-/m1/s1. The number of hydrogen-bond acceptors (Lipinski definition) is 1. The van der Waals surface area contributed by atoms with E-state index < -0.39 is 0 Å². The second-order valence-corrected chi connectivity index (χ2v) is 4.17. The summed E-state index contributed by atoms with van der Waals surface area (Å²) in [5.41, 5.74) is 10.3. The summed E-state index contributed by atoms with van der Waals surface area (Å²) in [6.07, 6.45) is 2.63. The average molecular weight is 175 g/mol. The third-order valence-electron chi connectivity index (χ3n) is 3.01. The van der Waals surface area contributed by atoms with Gasteiger partial charge in [0, 0.05) is 6.04 Å². The van der Waals surface area contributed by atoms with Gasteiger partial charge in [-0.15, -0.1) is 0 Å². The van der Waals surface area contributed by atoms with Gasteiger partial charge in [0.25, 0.3) is 0 Å². The maximum absolute atomic E-state index is 6.20. The van der Waals surface area contributed by atoms with Crippen molar-refractivity contribution in [1.29, 1.82) is 0 Å². The zero-order chi connectivity index (χ0) is 9.42. The van der Waals surface area contributed by atoms with Crippen LogP contribution in [0, 0.1) is 19.8 Å². The molecule has 0 radical (unpaired) electrons. The van der Waals surface area contributed by atoms with Crippen molar-refractivity contribution in [2.45, 2.75) is 32.7 Å². The minimum atomic E-state index is 0.279. The summed E-state index contributed by atoms with van der Waals surface area (Å²) < 4.78 is 0. The first kappa shape index (κ1) is 8.76. The number of rotatable bonds is 2. The molecule has 1 nitrogen and oxygen atoms in total. The smallest absolute Gasteiger partial charge is 0.0328 e. The number of nitrogens with two attached hydrogens (primary N) is 1. The second-order valence-electron chi connectivity index (χ2n) is 4.17. The molecule has 0 spiro atoms. The lowest BCUT2D eigenvalue weighted by Gasteiger charge is -2.16. The Kier molecular flexibility index (Phi) is 2.12. The summed E-state index contributed by atoms with van der Waals surface area (Å²) in [4.78, 5) is 0. The molecule has 1 heteroatoms. The first-order chi connectivity index (χ1) is 6.20. The maximum atomic E-state index is 6.20. The van der Waals surface area contributed by atoms with Gasteiger partial charge in [-0.2, -0.15) is 0 Å². The topological polar surface area (TPSA) is 26.0 Å². The summed E-state index contributed by atoms with van der Waals surface area (Å²) in [6, 6.07) is 6.70. The summed E-state index contributed by atoms with van der Waals surface area (Å²) in [7, 11) is 0. The Balaban J connectivity index is 2.36. The van der Waals surface area contributed by atoms with Crippen molar-refractivity contribution in [2.75, 3.05) is 0 Å². The summed E-state index contributed by atoms with van der Waals surface area (Å²) in [5.74, 6) is 0.750. The van der Waals surface area contributed by atoms with E-state index in [4.69, 9.17) is 5.73 Å². The van der Waals surface area contributed by atoms with Gasteiger partial charge in [-0.3, -0.25) is 0 Å². The highest BCUT2D eigenvalue weighted by Gasteiger charge is 2.30. The van der Waals surface area contributed by atoms with E-state index in [0.717, 1.165) is 5.92 Å². The Labute approximate surface area is 80.0 Å². The van der Waals surface area contributed by atoms with Gasteiger partial charge in [-0.25, -0.2) is 0 Å². The molecule has 13 heavy (non-hydrogen) atoms. The van der Waals surface area contributed by atoms with E-state index in [-0.39, 0.29) is 6.04 Å². The molecule has 1 aromatic rings. The highest BCUT2D eigenvalue weighted by Crippen LogP contribution is 2.41. The monoisotopic (exact) mass is 175 g/mol. The number of aryl methyl sites for hydroxylation is 2. The zero-order valence-electron chi connectivity index (χ0n) is 8.38. The van der Waals surface area contributed by atoms with Crippen LogP contribution < -0.4 is 5.73 Å². The first-order valence-corrected chi connectivity index (χ1v) is 5.02. The molecule has 1 aliphatic carbocycles. The SMILES string of the molecule is Cc1cccc(C)c1[C@H](N)C1CC1. The molecule has 1 aliphatic rings. The molecule has 0 saturated heterocycles. The predicted molar refractivity (Wildman–Crippen MR) is 55.6 cm³/mol. The van der Waals surface area contributed by atoms with Gasteiger partial charge in [0.15, 0.2) is 0 Å². The number of hydrogen-bond donors (Lipinski definition) is 1. The Morgan fingerprint density at radius 3 is 2.23 bits per heavy atom. The van der Waals surface area contributed by atoms with E-state index in [1.165, 1.54) is 29.5 Å². The summed E-state index contributed by atoms with van der Waals surface area (Å²) >= 11 is 0. The van der Waals surface area contributed by atoms with E-state index in [9.17, 15) is 0 Å². The Bertz CT molecular complexity index is 293. The quantitative estimate of drug-likeness (QED) is 0.734. The highest BCUT2D eigenvalue weighted by atomic mass is 14.7. The van der Waals surface area contributed by atoms with Gasteiger partial charge in [-0.05, 0) is 49.3 Å². The van der Waals surface area contributed by atoms with Crippen molar-refractivity contribution in [2.24, 2.45) is 11.7 Å². The summed E-state index contributed by atoms with van der Waals surface area (Å²) in [5, 5.41) is 0. The van der Waals surface area contributed by atoms with Crippen molar-refractivity contribution < 1.29 is 0 Å². The fraction of sp³-hybridized carbons (Fsp3) is 0.500. The van der Waals surface area contributed by atoms with Crippen LogP contribution >= 0.6 is 0 Å². The third-order valence-corrected chi connectivity index (χ3v) is 3.01. The largest absolute Gasteiger partial charge is 0.324 e. The molecular weight excluding hydrogens is 158 g/mol. The molecule has 0 unspecified atom stereocenters. The normalized spacial score (nSPS) is 18.7. The minimum absolute atomic E-state index is 0.279. The van der Waals surface area contributed by atoms with Crippen LogP contribution in [0.5, 0.6) is 0 Å². The van der Waals surface area contributed by atoms with Crippen LogP contribution in [0.15, 0.2) is 18.2 Å². The lowest BCUT2D eigenvalue weighted by molar-refractivity contribution is 0.626. The van der Waals surface area contributed by atoms with E-state index >= 15 is 0 Å². The van der Waals surface area contributed by atoms with E-state index in [0.29, 0.717) is 0 Å². The lowest BCUT2D eigenvalue weighted by Crippen LogP contribution is -2.15. The molecule has 0 amide bonds.